The molecule has 1 aromatic heterocycles. The van der Waals surface area contributed by atoms with Crippen LogP contribution in [0.3, 0.4) is 0 Å². The number of nitrogen functional groups attached to an aromatic ring is 1. The maximum Gasteiger partial charge on any atom is 0.290 e. The van der Waals surface area contributed by atoms with Gasteiger partial charge in [-0.15, -0.1) is 0 Å². The summed E-state index contributed by atoms with van der Waals surface area (Å²) in [5, 5.41) is 0.690. The predicted octanol–water partition coefficient (Wildman–Crippen LogP) is 2.52. The molecule has 4 nitrogen and oxygen atoms in total. The summed E-state index contributed by atoms with van der Waals surface area (Å²) in [4.78, 5) is 12.2. The van der Waals surface area contributed by atoms with Gasteiger partial charge in [-0.3, -0.25) is 9.48 Å². The lowest BCUT2D eigenvalue weighted by Crippen LogP contribution is -2.24. The van der Waals surface area contributed by atoms with Gasteiger partial charge in [0, 0.05) is 11.6 Å². The summed E-state index contributed by atoms with van der Waals surface area (Å²) in [6.45, 7) is 5.25. The number of anilines is 1. The number of nitrogens with two attached hydrogens (primary N) is 1. The molecule has 0 amide bonds. The Bertz CT molecular complexity index is 625. The molecule has 2 rings (SSSR count). The number of benzene rings is 1. The summed E-state index contributed by atoms with van der Waals surface area (Å²) < 4.78 is 3.64. The number of aromatic nitrogens is 2. The highest BCUT2D eigenvalue weighted by Gasteiger charge is 2.15. The van der Waals surface area contributed by atoms with Crippen molar-refractivity contribution in [2.45, 2.75) is 33.4 Å². The molecule has 1 heterocycles. The van der Waals surface area contributed by atoms with E-state index in [2.05, 4.69) is 0 Å². The Morgan fingerprint density at radius 1 is 1.16 bits per heavy atom. The van der Waals surface area contributed by atoms with Crippen LogP contribution in [0.5, 0.6) is 0 Å². The van der Waals surface area contributed by atoms with Gasteiger partial charge in [0.15, 0.2) is 0 Å². The van der Waals surface area contributed by atoms with Crippen LogP contribution in [-0.4, -0.2) is 9.36 Å². The van der Waals surface area contributed by atoms with Gasteiger partial charge in [0.05, 0.1) is 12.2 Å². The van der Waals surface area contributed by atoms with E-state index in [-0.39, 0.29) is 5.56 Å². The van der Waals surface area contributed by atoms with Crippen molar-refractivity contribution in [3.63, 3.8) is 0 Å². The Kier molecular flexibility index (Phi) is 4.00. The second kappa shape index (κ2) is 5.53. The second-order valence-electron chi connectivity index (χ2n) is 4.42. The molecule has 0 bridgehead atoms. The van der Waals surface area contributed by atoms with E-state index in [1.54, 1.807) is 4.68 Å². The Morgan fingerprint density at radius 2 is 1.79 bits per heavy atom. The smallest absolute Gasteiger partial charge is 0.290 e. The van der Waals surface area contributed by atoms with Gasteiger partial charge in [0.25, 0.3) is 5.56 Å². The third-order valence-electron chi connectivity index (χ3n) is 3.26. The first kappa shape index (κ1) is 13.7. The summed E-state index contributed by atoms with van der Waals surface area (Å²) in [5.41, 5.74) is 8.07. The number of halogens is 1. The van der Waals surface area contributed by atoms with Gasteiger partial charge < -0.3 is 5.73 Å². The molecule has 0 saturated carbocycles. The fraction of sp³-hybridized carbons (Fsp3) is 0.357. The molecule has 19 heavy (non-hydrogen) atoms. The summed E-state index contributed by atoms with van der Waals surface area (Å²) in [6.07, 6.45) is 0.753. The Balaban J connectivity index is 2.45. The number of rotatable bonds is 4. The van der Waals surface area contributed by atoms with E-state index in [9.17, 15) is 4.79 Å². The van der Waals surface area contributed by atoms with Crippen LogP contribution in [0.15, 0.2) is 29.1 Å². The zero-order valence-electron chi connectivity index (χ0n) is 11.2. The average Bonchev–Trinajstić information content (AvgIpc) is 2.65. The molecule has 102 valence electrons. The van der Waals surface area contributed by atoms with Gasteiger partial charge in [-0.1, -0.05) is 30.7 Å². The monoisotopic (exact) mass is 279 g/mol. The Hall–Kier alpha value is -1.68. The van der Waals surface area contributed by atoms with E-state index < -0.39 is 0 Å². The minimum Gasteiger partial charge on any atom is -0.393 e. The topological polar surface area (TPSA) is 53.0 Å². The van der Waals surface area contributed by atoms with Crippen molar-refractivity contribution in [3.8, 4) is 0 Å². The van der Waals surface area contributed by atoms with E-state index in [1.165, 1.54) is 0 Å². The lowest BCUT2D eigenvalue weighted by molar-refractivity contribution is 0.474. The maximum absolute atomic E-state index is 12.2. The molecule has 0 atom stereocenters. The molecule has 2 aromatic rings. The van der Waals surface area contributed by atoms with E-state index >= 15 is 0 Å². The first-order chi connectivity index (χ1) is 9.08. The molecule has 0 aliphatic heterocycles. The van der Waals surface area contributed by atoms with E-state index in [0.717, 1.165) is 24.2 Å². The molecule has 0 unspecified atom stereocenters. The van der Waals surface area contributed by atoms with Crippen LogP contribution < -0.4 is 11.3 Å². The molecule has 0 saturated heterocycles. The standard InChI is InChI=1S/C14H18ClN3O/c1-3-12-13(16)14(19)18(17(12)4-2)9-10-5-7-11(15)8-6-10/h5-8H,3-4,9,16H2,1-2H3. The van der Waals surface area contributed by atoms with Crippen molar-refractivity contribution in [2.75, 3.05) is 5.73 Å². The third kappa shape index (κ3) is 2.54. The number of hydrogen-bond acceptors (Lipinski definition) is 2. The fourth-order valence-electron chi connectivity index (χ4n) is 2.31. The van der Waals surface area contributed by atoms with Gasteiger partial charge >= 0.3 is 0 Å². The van der Waals surface area contributed by atoms with Crippen molar-refractivity contribution >= 4 is 17.3 Å². The lowest BCUT2D eigenvalue weighted by Gasteiger charge is -2.12. The average molecular weight is 280 g/mol. The third-order valence-corrected chi connectivity index (χ3v) is 3.51. The highest BCUT2D eigenvalue weighted by Crippen LogP contribution is 2.13. The molecule has 0 fully saturated rings. The molecule has 0 aliphatic carbocycles. The number of hydrogen-bond donors (Lipinski definition) is 1. The van der Waals surface area contributed by atoms with Crippen molar-refractivity contribution < 1.29 is 0 Å². The zero-order valence-corrected chi connectivity index (χ0v) is 11.9. The highest BCUT2D eigenvalue weighted by molar-refractivity contribution is 6.30. The van der Waals surface area contributed by atoms with Crippen LogP contribution >= 0.6 is 11.6 Å². The highest BCUT2D eigenvalue weighted by atomic mass is 35.5. The van der Waals surface area contributed by atoms with Gasteiger partial charge in [0.1, 0.15) is 5.69 Å². The SMILES string of the molecule is CCc1c(N)c(=O)n(Cc2ccc(Cl)cc2)n1CC. The van der Waals surface area contributed by atoms with Crippen LogP contribution in [0.2, 0.25) is 5.02 Å². The van der Waals surface area contributed by atoms with Gasteiger partial charge in [-0.2, -0.15) is 0 Å². The normalized spacial score (nSPS) is 10.9. The first-order valence-electron chi connectivity index (χ1n) is 6.40. The molecule has 0 spiro atoms. The Morgan fingerprint density at radius 3 is 2.32 bits per heavy atom. The van der Waals surface area contributed by atoms with E-state index in [1.807, 2.05) is 42.8 Å². The van der Waals surface area contributed by atoms with Crippen LogP contribution in [0.1, 0.15) is 25.1 Å². The van der Waals surface area contributed by atoms with Gasteiger partial charge in [0.2, 0.25) is 0 Å². The molecular formula is C14H18ClN3O. The van der Waals surface area contributed by atoms with Crippen LogP contribution in [0.25, 0.3) is 0 Å². The minimum absolute atomic E-state index is 0.117. The summed E-state index contributed by atoms with van der Waals surface area (Å²) in [5.74, 6) is 0. The maximum atomic E-state index is 12.2. The van der Waals surface area contributed by atoms with Crippen molar-refractivity contribution in [2.24, 2.45) is 0 Å². The van der Waals surface area contributed by atoms with E-state index in [0.29, 0.717) is 17.3 Å². The largest absolute Gasteiger partial charge is 0.393 e. The van der Waals surface area contributed by atoms with Crippen LogP contribution in [-0.2, 0) is 19.5 Å². The van der Waals surface area contributed by atoms with Gasteiger partial charge in [-0.05, 0) is 31.0 Å². The van der Waals surface area contributed by atoms with Crippen LogP contribution in [0, 0.1) is 0 Å². The molecular weight excluding hydrogens is 262 g/mol. The Labute approximate surface area is 117 Å². The number of nitrogens with zero attached hydrogens (tertiary/aromatic N) is 2. The molecule has 5 heteroatoms. The summed E-state index contributed by atoms with van der Waals surface area (Å²) >= 11 is 5.86. The summed E-state index contributed by atoms with van der Waals surface area (Å²) in [7, 11) is 0. The van der Waals surface area contributed by atoms with Crippen molar-refractivity contribution in [1.82, 2.24) is 9.36 Å². The molecule has 2 N–H and O–H groups in total. The molecule has 0 radical (unpaired) electrons. The van der Waals surface area contributed by atoms with Gasteiger partial charge in [-0.25, -0.2) is 4.68 Å². The van der Waals surface area contributed by atoms with Crippen molar-refractivity contribution in [3.05, 3.63) is 50.9 Å². The van der Waals surface area contributed by atoms with Crippen molar-refractivity contribution in [1.29, 1.82) is 0 Å². The van der Waals surface area contributed by atoms with E-state index in [4.69, 9.17) is 17.3 Å². The minimum atomic E-state index is -0.117. The second-order valence-corrected chi connectivity index (χ2v) is 4.86. The fourth-order valence-corrected chi connectivity index (χ4v) is 2.44. The molecule has 1 aromatic carbocycles. The van der Waals surface area contributed by atoms with Crippen LogP contribution in [0.4, 0.5) is 5.69 Å². The zero-order chi connectivity index (χ0) is 14.0. The predicted molar refractivity (Wildman–Crippen MR) is 78.7 cm³/mol. The molecule has 0 aliphatic rings. The lowest BCUT2D eigenvalue weighted by atomic mass is 10.2. The first-order valence-corrected chi connectivity index (χ1v) is 6.78. The quantitative estimate of drug-likeness (QED) is 0.935. The summed E-state index contributed by atoms with van der Waals surface area (Å²) in [6, 6.07) is 7.49.